The fraction of sp³-hybridized carbons (Fsp3) is 0. The molecule has 0 spiro atoms. The lowest BCUT2D eigenvalue weighted by Gasteiger charge is -2.03. The van der Waals surface area contributed by atoms with E-state index in [1.54, 1.807) is 0 Å². The third-order valence-electron chi connectivity index (χ3n) is 2.04. The van der Waals surface area contributed by atoms with E-state index in [2.05, 4.69) is 4.98 Å². The molecular weight excluding hydrogens is 233 g/mol. The number of pyridine rings is 1. The summed E-state index contributed by atoms with van der Waals surface area (Å²) in [7, 11) is 0. The maximum atomic E-state index is 11.5. The number of rotatable bonds is 1. The quantitative estimate of drug-likeness (QED) is 0.814. The largest absolute Gasteiger partial charge is 0.358 e. The van der Waals surface area contributed by atoms with E-state index in [1.165, 1.54) is 6.20 Å². The van der Waals surface area contributed by atoms with Crippen LogP contribution in [-0.4, -0.2) is 4.98 Å². The number of benzene rings is 1. The first-order valence-corrected chi connectivity index (χ1v) is 5.08. The summed E-state index contributed by atoms with van der Waals surface area (Å²) in [5.41, 5.74) is 1.10. The van der Waals surface area contributed by atoms with Crippen LogP contribution in [0.4, 0.5) is 0 Å². The van der Waals surface area contributed by atoms with Crippen molar-refractivity contribution in [1.82, 2.24) is 4.98 Å². The van der Waals surface area contributed by atoms with Crippen molar-refractivity contribution in [2.75, 3.05) is 0 Å². The molecule has 4 heteroatoms. The Hall–Kier alpha value is -1.25. The van der Waals surface area contributed by atoms with Crippen molar-refractivity contribution in [1.29, 1.82) is 0 Å². The molecule has 0 atom stereocenters. The second-order valence-electron chi connectivity index (χ2n) is 3.02. The van der Waals surface area contributed by atoms with Gasteiger partial charge in [0.15, 0.2) is 0 Å². The predicted octanol–water partition coefficient (Wildman–Crippen LogP) is 3.35. The normalized spacial score (nSPS) is 10.3. The number of H-pyrrole nitrogens is 1. The first kappa shape index (κ1) is 10.3. The van der Waals surface area contributed by atoms with Gasteiger partial charge in [0.2, 0.25) is 5.43 Å². The first-order chi connectivity index (χ1) is 7.20. The van der Waals surface area contributed by atoms with Gasteiger partial charge >= 0.3 is 0 Å². The standard InChI is InChI=1S/C11H7Cl2NO/c12-8-6-14-10(9(13)11(8)15)7-4-2-1-3-5-7/h1-6H,(H,14,15). The minimum atomic E-state index is -0.351. The summed E-state index contributed by atoms with van der Waals surface area (Å²) in [6, 6.07) is 9.37. The molecule has 0 unspecified atom stereocenters. The molecule has 0 fully saturated rings. The Labute approximate surface area is 96.5 Å². The van der Waals surface area contributed by atoms with Crippen LogP contribution in [0, 0.1) is 0 Å². The van der Waals surface area contributed by atoms with Gasteiger partial charge in [0.1, 0.15) is 10.0 Å². The molecule has 1 N–H and O–H groups in total. The first-order valence-electron chi connectivity index (χ1n) is 4.32. The SMILES string of the molecule is O=c1c(Cl)c[nH]c(-c2ccccc2)c1Cl. The van der Waals surface area contributed by atoms with Crippen LogP contribution in [0.5, 0.6) is 0 Å². The zero-order valence-electron chi connectivity index (χ0n) is 7.63. The van der Waals surface area contributed by atoms with E-state index < -0.39 is 0 Å². The van der Waals surface area contributed by atoms with Gasteiger partial charge < -0.3 is 4.98 Å². The highest BCUT2D eigenvalue weighted by molar-refractivity contribution is 6.35. The van der Waals surface area contributed by atoms with E-state index in [-0.39, 0.29) is 15.5 Å². The molecule has 0 bridgehead atoms. The molecule has 1 aromatic carbocycles. The zero-order valence-corrected chi connectivity index (χ0v) is 9.14. The molecule has 0 aliphatic carbocycles. The Morgan fingerprint density at radius 1 is 1.07 bits per heavy atom. The van der Waals surface area contributed by atoms with Crippen molar-refractivity contribution >= 4 is 23.2 Å². The lowest BCUT2D eigenvalue weighted by molar-refractivity contribution is 1.30. The van der Waals surface area contributed by atoms with Gasteiger partial charge in [0, 0.05) is 6.20 Å². The number of aromatic amines is 1. The van der Waals surface area contributed by atoms with Gasteiger partial charge in [-0.05, 0) is 5.56 Å². The summed E-state index contributed by atoms with van der Waals surface area (Å²) in [6.07, 6.45) is 1.44. The highest BCUT2D eigenvalue weighted by Crippen LogP contribution is 2.23. The third kappa shape index (κ3) is 1.91. The van der Waals surface area contributed by atoms with E-state index in [0.717, 1.165) is 5.56 Å². The summed E-state index contributed by atoms with van der Waals surface area (Å²) in [4.78, 5) is 14.4. The molecule has 0 aliphatic heterocycles. The van der Waals surface area contributed by atoms with E-state index in [0.29, 0.717) is 5.69 Å². The number of nitrogens with one attached hydrogen (secondary N) is 1. The molecule has 2 nitrogen and oxygen atoms in total. The Bertz CT molecular complexity index is 534. The van der Waals surface area contributed by atoms with Gasteiger partial charge in [-0.25, -0.2) is 0 Å². The molecule has 1 heterocycles. The molecule has 2 aromatic rings. The molecule has 76 valence electrons. The second-order valence-corrected chi connectivity index (χ2v) is 3.81. The maximum absolute atomic E-state index is 11.5. The van der Waals surface area contributed by atoms with Crippen LogP contribution in [0.25, 0.3) is 11.3 Å². The fourth-order valence-electron chi connectivity index (χ4n) is 1.30. The summed E-state index contributed by atoms with van der Waals surface area (Å²) in [6.45, 7) is 0. The molecule has 0 saturated heterocycles. The van der Waals surface area contributed by atoms with E-state index in [9.17, 15) is 4.79 Å². The zero-order chi connectivity index (χ0) is 10.8. The molecule has 2 rings (SSSR count). The average molecular weight is 240 g/mol. The van der Waals surface area contributed by atoms with Crippen LogP contribution in [0.2, 0.25) is 10.0 Å². The van der Waals surface area contributed by atoms with Crippen molar-refractivity contribution in [2.45, 2.75) is 0 Å². The summed E-state index contributed by atoms with van der Waals surface area (Å²) < 4.78 is 0. The highest BCUT2D eigenvalue weighted by Gasteiger charge is 2.09. The van der Waals surface area contributed by atoms with Crippen molar-refractivity contribution < 1.29 is 0 Å². The van der Waals surface area contributed by atoms with Gasteiger partial charge in [0.05, 0.1) is 5.69 Å². The van der Waals surface area contributed by atoms with E-state index in [4.69, 9.17) is 23.2 Å². The number of hydrogen-bond acceptors (Lipinski definition) is 1. The second kappa shape index (κ2) is 4.09. The van der Waals surface area contributed by atoms with Gasteiger partial charge in [-0.3, -0.25) is 4.79 Å². The van der Waals surface area contributed by atoms with Crippen molar-refractivity contribution in [3.63, 3.8) is 0 Å². The third-order valence-corrected chi connectivity index (χ3v) is 2.68. The molecule has 0 saturated carbocycles. The average Bonchev–Trinajstić information content (AvgIpc) is 2.27. The Morgan fingerprint density at radius 3 is 2.40 bits per heavy atom. The van der Waals surface area contributed by atoms with Crippen molar-refractivity contribution in [2.24, 2.45) is 0 Å². The number of halogens is 2. The monoisotopic (exact) mass is 239 g/mol. The van der Waals surface area contributed by atoms with Crippen LogP contribution in [0.15, 0.2) is 41.3 Å². The van der Waals surface area contributed by atoms with E-state index in [1.807, 2.05) is 30.3 Å². The maximum Gasteiger partial charge on any atom is 0.219 e. The van der Waals surface area contributed by atoms with Crippen molar-refractivity contribution in [3.05, 3.63) is 56.8 Å². The Balaban J connectivity index is 2.66. The fourth-order valence-corrected chi connectivity index (χ4v) is 1.76. The summed E-state index contributed by atoms with van der Waals surface area (Å²) in [5.74, 6) is 0. The van der Waals surface area contributed by atoms with Crippen molar-refractivity contribution in [3.8, 4) is 11.3 Å². The van der Waals surface area contributed by atoms with Crippen LogP contribution >= 0.6 is 23.2 Å². The minimum Gasteiger partial charge on any atom is -0.358 e. The smallest absolute Gasteiger partial charge is 0.219 e. The van der Waals surface area contributed by atoms with Gasteiger partial charge in [-0.15, -0.1) is 0 Å². The van der Waals surface area contributed by atoms with Gasteiger partial charge in [0.25, 0.3) is 0 Å². The highest BCUT2D eigenvalue weighted by atomic mass is 35.5. The van der Waals surface area contributed by atoms with Crippen LogP contribution in [0.1, 0.15) is 0 Å². The molecule has 0 radical (unpaired) electrons. The molecule has 0 aliphatic rings. The lowest BCUT2D eigenvalue weighted by atomic mass is 10.1. The molecular formula is C11H7Cl2NO. The van der Waals surface area contributed by atoms with Crippen LogP contribution in [0.3, 0.4) is 0 Å². The predicted molar refractivity (Wildman–Crippen MR) is 62.5 cm³/mol. The van der Waals surface area contributed by atoms with Crippen LogP contribution < -0.4 is 5.43 Å². The topological polar surface area (TPSA) is 32.9 Å². The minimum absolute atomic E-state index is 0.0969. The summed E-state index contributed by atoms with van der Waals surface area (Å²) in [5, 5.41) is 0.216. The number of hydrogen-bond donors (Lipinski definition) is 1. The summed E-state index contributed by atoms with van der Waals surface area (Å²) >= 11 is 11.6. The lowest BCUT2D eigenvalue weighted by Crippen LogP contribution is -2.04. The van der Waals surface area contributed by atoms with Gasteiger partial charge in [-0.2, -0.15) is 0 Å². The molecule has 0 amide bonds. The molecule has 1 aromatic heterocycles. The number of aromatic nitrogens is 1. The van der Waals surface area contributed by atoms with Gasteiger partial charge in [-0.1, -0.05) is 53.5 Å². The molecule has 15 heavy (non-hydrogen) atoms. The Kier molecular flexibility index (Phi) is 2.80. The van der Waals surface area contributed by atoms with Crippen LogP contribution in [-0.2, 0) is 0 Å². The Morgan fingerprint density at radius 2 is 1.73 bits per heavy atom. The van der Waals surface area contributed by atoms with E-state index >= 15 is 0 Å².